The number of nitrogens with one attached hydrogen (secondary N) is 1. The fourth-order valence-electron chi connectivity index (χ4n) is 2.78. The maximum absolute atomic E-state index is 12.3. The number of nitrogens with zero attached hydrogens (tertiary/aromatic N) is 4. The quantitative estimate of drug-likeness (QED) is 0.811. The van der Waals surface area contributed by atoms with Crippen LogP contribution < -0.4 is 0 Å². The highest BCUT2D eigenvalue weighted by molar-refractivity contribution is 7.99. The molecule has 1 atom stereocenters. The van der Waals surface area contributed by atoms with E-state index >= 15 is 0 Å². The number of ether oxygens (including phenoxy) is 1. The Bertz CT molecular complexity index is 592. The van der Waals surface area contributed by atoms with Crippen LogP contribution in [-0.2, 0) is 16.0 Å². The fraction of sp³-hybridized carbons (Fsp3) is 0.692. The summed E-state index contributed by atoms with van der Waals surface area (Å²) in [4.78, 5) is 31.4. The molecule has 2 amide bonds. The lowest BCUT2D eigenvalue weighted by Gasteiger charge is -2.21. The summed E-state index contributed by atoms with van der Waals surface area (Å²) >= 11 is 1.32. The Morgan fingerprint density at radius 1 is 1.50 bits per heavy atom. The van der Waals surface area contributed by atoms with Crippen molar-refractivity contribution in [1.29, 1.82) is 0 Å². The molecule has 0 radical (unpaired) electrons. The van der Waals surface area contributed by atoms with Gasteiger partial charge in [0, 0.05) is 26.4 Å². The summed E-state index contributed by atoms with van der Waals surface area (Å²) in [6, 6.07) is 0. The average Bonchev–Trinajstić information content (AvgIpc) is 3.17. The second kappa shape index (κ2) is 5.79. The zero-order valence-electron chi connectivity index (χ0n) is 12.7. The van der Waals surface area contributed by atoms with Crippen molar-refractivity contribution in [2.24, 2.45) is 0 Å². The Kier molecular flexibility index (Phi) is 3.98. The predicted octanol–water partition coefficient (Wildman–Crippen LogP) is 0.512. The summed E-state index contributed by atoms with van der Waals surface area (Å²) in [7, 11) is 1.71. The monoisotopic (exact) mass is 325 g/mol. The topological polar surface area (TPSA) is 91.4 Å². The molecular weight excluding hydrogens is 306 g/mol. The van der Waals surface area contributed by atoms with Crippen molar-refractivity contribution in [2.75, 3.05) is 32.4 Å². The number of likely N-dealkylation sites (N-methyl/N-ethyl adjacent to an activating group) is 1. The van der Waals surface area contributed by atoms with E-state index in [4.69, 9.17) is 4.74 Å². The third kappa shape index (κ3) is 2.90. The van der Waals surface area contributed by atoms with Gasteiger partial charge in [0.05, 0.1) is 18.8 Å². The fourth-order valence-corrected chi connectivity index (χ4v) is 3.50. The summed E-state index contributed by atoms with van der Waals surface area (Å²) in [5, 5.41) is 7.47. The van der Waals surface area contributed by atoms with E-state index in [1.165, 1.54) is 11.8 Å². The number of carbonyl (C=O) groups excluding carboxylic acids is 2. The maximum atomic E-state index is 12.3. The molecule has 0 aliphatic carbocycles. The number of amides is 2. The van der Waals surface area contributed by atoms with Crippen LogP contribution >= 0.6 is 11.8 Å². The first kappa shape index (κ1) is 15.1. The minimum Gasteiger partial charge on any atom is -0.439 e. The van der Waals surface area contributed by atoms with E-state index < -0.39 is 5.60 Å². The van der Waals surface area contributed by atoms with Crippen LogP contribution in [0.15, 0.2) is 5.16 Å². The number of H-pyrrole nitrogens is 1. The van der Waals surface area contributed by atoms with Gasteiger partial charge in [-0.15, -0.1) is 5.10 Å². The first-order valence-electron chi connectivity index (χ1n) is 7.27. The van der Waals surface area contributed by atoms with Crippen molar-refractivity contribution in [3.8, 4) is 0 Å². The number of likely N-dealkylation sites (tertiary alicyclic amines) is 1. The van der Waals surface area contributed by atoms with E-state index in [9.17, 15) is 9.59 Å². The molecule has 3 rings (SSSR count). The third-order valence-corrected chi connectivity index (χ3v) is 4.81. The molecule has 0 aromatic carbocycles. The summed E-state index contributed by atoms with van der Waals surface area (Å²) in [6.45, 7) is 3.62. The SMILES string of the molecule is CCc1nc(SCC(=O)N2CC[C@@]3(CN(C)C(=O)O3)C2)n[nH]1. The van der Waals surface area contributed by atoms with Crippen LogP contribution in [0, 0.1) is 0 Å². The van der Waals surface area contributed by atoms with Gasteiger partial charge in [0.15, 0.2) is 5.60 Å². The van der Waals surface area contributed by atoms with E-state index in [2.05, 4.69) is 15.2 Å². The van der Waals surface area contributed by atoms with Gasteiger partial charge in [-0.05, 0) is 0 Å². The van der Waals surface area contributed by atoms with Gasteiger partial charge in [0.25, 0.3) is 0 Å². The van der Waals surface area contributed by atoms with Crippen LogP contribution in [0.4, 0.5) is 4.79 Å². The van der Waals surface area contributed by atoms with Gasteiger partial charge in [-0.1, -0.05) is 18.7 Å². The summed E-state index contributed by atoms with van der Waals surface area (Å²) in [6.07, 6.45) is 1.17. The minimum atomic E-state index is -0.522. The lowest BCUT2D eigenvalue weighted by molar-refractivity contribution is -0.128. The Morgan fingerprint density at radius 2 is 2.32 bits per heavy atom. The van der Waals surface area contributed by atoms with Gasteiger partial charge in [-0.25, -0.2) is 9.78 Å². The number of aryl methyl sites for hydroxylation is 1. The van der Waals surface area contributed by atoms with E-state index in [1.807, 2.05) is 6.92 Å². The highest BCUT2D eigenvalue weighted by atomic mass is 32.2. The highest BCUT2D eigenvalue weighted by Crippen LogP contribution is 2.32. The molecule has 2 aliphatic heterocycles. The van der Waals surface area contributed by atoms with Crippen LogP contribution in [0.3, 0.4) is 0 Å². The van der Waals surface area contributed by atoms with E-state index in [0.717, 1.165) is 12.2 Å². The summed E-state index contributed by atoms with van der Waals surface area (Å²) < 4.78 is 5.44. The standard InChI is InChI=1S/C13H19N5O3S/c1-3-9-14-11(16-15-9)22-6-10(19)18-5-4-13(8-18)7-17(2)12(20)21-13/h3-8H2,1-2H3,(H,14,15,16)/t13-/m1/s1. The summed E-state index contributed by atoms with van der Waals surface area (Å²) in [5.74, 6) is 1.13. The van der Waals surface area contributed by atoms with Crippen LogP contribution in [0.5, 0.6) is 0 Å². The van der Waals surface area contributed by atoms with Crippen molar-refractivity contribution in [1.82, 2.24) is 25.0 Å². The molecule has 1 aromatic heterocycles. The highest BCUT2D eigenvalue weighted by Gasteiger charge is 2.49. The summed E-state index contributed by atoms with van der Waals surface area (Å²) in [5.41, 5.74) is -0.522. The van der Waals surface area contributed by atoms with Crippen LogP contribution in [0.2, 0.25) is 0 Å². The number of rotatable bonds is 4. The lowest BCUT2D eigenvalue weighted by atomic mass is 10.0. The Hall–Kier alpha value is -1.77. The third-order valence-electron chi connectivity index (χ3n) is 3.98. The molecule has 2 aliphatic rings. The molecule has 9 heteroatoms. The molecule has 120 valence electrons. The van der Waals surface area contributed by atoms with Gasteiger partial charge in [0.2, 0.25) is 11.1 Å². The van der Waals surface area contributed by atoms with Crippen molar-refractivity contribution in [3.05, 3.63) is 5.82 Å². The second-order valence-electron chi connectivity index (χ2n) is 5.68. The first-order chi connectivity index (χ1) is 10.5. The van der Waals surface area contributed by atoms with Crippen molar-refractivity contribution >= 4 is 23.8 Å². The first-order valence-corrected chi connectivity index (χ1v) is 8.26. The zero-order chi connectivity index (χ0) is 15.7. The van der Waals surface area contributed by atoms with Gasteiger partial charge in [-0.3, -0.25) is 9.89 Å². The van der Waals surface area contributed by atoms with Gasteiger partial charge in [-0.2, -0.15) is 0 Å². The second-order valence-corrected chi connectivity index (χ2v) is 6.62. The minimum absolute atomic E-state index is 0.0234. The van der Waals surface area contributed by atoms with Crippen molar-refractivity contribution < 1.29 is 14.3 Å². The van der Waals surface area contributed by atoms with E-state index in [1.54, 1.807) is 16.8 Å². The van der Waals surface area contributed by atoms with E-state index in [0.29, 0.717) is 37.0 Å². The molecule has 22 heavy (non-hydrogen) atoms. The molecule has 3 heterocycles. The molecule has 1 aromatic rings. The molecule has 1 N–H and O–H groups in total. The molecular formula is C13H19N5O3S. The number of hydrogen-bond acceptors (Lipinski definition) is 6. The van der Waals surface area contributed by atoms with Crippen molar-refractivity contribution in [3.63, 3.8) is 0 Å². The molecule has 1 spiro atoms. The van der Waals surface area contributed by atoms with E-state index in [-0.39, 0.29) is 12.0 Å². The molecule has 0 bridgehead atoms. The molecule has 8 nitrogen and oxygen atoms in total. The van der Waals surface area contributed by atoms with Gasteiger partial charge < -0.3 is 14.5 Å². The van der Waals surface area contributed by atoms with Crippen LogP contribution in [0.25, 0.3) is 0 Å². The van der Waals surface area contributed by atoms with Gasteiger partial charge in [0.1, 0.15) is 5.82 Å². The smallest absolute Gasteiger partial charge is 0.410 e. The van der Waals surface area contributed by atoms with Crippen molar-refractivity contribution in [2.45, 2.75) is 30.5 Å². The number of carbonyl (C=O) groups is 2. The molecule has 0 unspecified atom stereocenters. The Balaban J connectivity index is 1.52. The largest absolute Gasteiger partial charge is 0.439 e. The average molecular weight is 325 g/mol. The van der Waals surface area contributed by atoms with Crippen LogP contribution in [0.1, 0.15) is 19.2 Å². The van der Waals surface area contributed by atoms with Crippen LogP contribution in [-0.4, -0.2) is 75.0 Å². The Labute approximate surface area is 132 Å². The molecule has 2 saturated heterocycles. The van der Waals surface area contributed by atoms with Gasteiger partial charge >= 0.3 is 6.09 Å². The number of hydrogen-bond donors (Lipinski definition) is 1. The lowest BCUT2D eigenvalue weighted by Crippen LogP contribution is -2.39. The number of aromatic amines is 1. The zero-order valence-corrected chi connectivity index (χ0v) is 13.5. The normalized spacial score (nSPS) is 24.4. The Morgan fingerprint density at radius 3 is 2.95 bits per heavy atom. The number of thioether (sulfide) groups is 1. The molecule has 2 fully saturated rings. The number of aromatic nitrogens is 3. The predicted molar refractivity (Wildman–Crippen MR) is 79.5 cm³/mol. The maximum Gasteiger partial charge on any atom is 0.410 e. The molecule has 0 saturated carbocycles.